The second-order valence-electron chi connectivity index (χ2n) is 4.10. The predicted molar refractivity (Wildman–Crippen MR) is 73.7 cm³/mol. The lowest BCUT2D eigenvalue weighted by Gasteiger charge is -2.22. The Hall–Kier alpha value is -1.31. The molecule has 0 unspecified atom stereocenters. The summed E-state index contributed by atoms with van der Waals surface area (Å²) in [4.78, 5) is 12.2. The molecule has 0 heterocycles. The minimum absolute atomic E-state index is 0.00241. The lowest BCUT2D eigenvalue weighted by molar-refractivity contribution is -0.123. The van der Waals surface area contributed by atoms with Crippen LogP contribution in [0.2, 0.25) is 10.0 Å². The molecule has 0 spiro atoms. The van der Waals surface area contributed by atoms with Crippen molar-refractivity contribution < 1.29 is 9.18 Å². The number of anilines is 1. The van der Waals surface area contributed by atoms with E-state index in [4.69, 9.17) is 23.2 Å². The van der Waals surface area contributed by atoms with E-state index in [1.54, 1.807) is 13.8 Å². The molecule has 0 saturated heterocycles. The molecular weight excluding hydrogens is 290 g/mol. The van der Waals surface area contributed by atoms with Crippen LogP contribution < -0.4 is 5.32 Å². The first-order valence-corrected chi connectivity index (χ1v) is 6.53. The third-order valence-corrected chi connectivity index (χ3v) is 3.70. The quantitative estimate of drug-likeness (QED) is 0.896. The van der Waals surface area contributed by atoms with Gasteiger partial charge in [0.25, 0.3) is 0 Å². The van der Waals surface area contributed by atoms with E-state index in [0.717, 1.165) is 12.1 Å². The van der Waals surface area contributed by atoms with E-state index >= 15 is 0 Å². The van der Waals surface area contributed by atoms with Crippen LogP contribution in [0.15, 0.2) is 12.1 Å². The van der Waals surface area contributed by atoms with Crippen molar-refractivity contribution in [3.8, 4) is 6.07 Å². The van der Waals surface area contributed by atoms with E-state index in [2.05, 4.69) is 5.32 Å². The fourth-order valence-electron chi connectivity index (χ4n) is 1.67. The SMILES string of the molecule is CCC(C#N)(CC)C(=O)Nc1c(Cl)cc(F)cc1Cl. The molecule has 0 aliphatic heterocycles. The number of carbonyl (C=O) groups excluding carboxylic acids is 1. The Bertz CT molecular complexity index is 513. The molecule has 0 aliphatic carbocycles. The minimum Gasteiger partial charge on any atom is -0.322 e. The summed E-state index contributed by atoms with van der Waals surface area (Å²) in [6.45, 7) is 3.50. The van der Waals surface area contributed by atoms with Gasteiger partial charge in [0.1, 0.15) is 11.2 Å². The van der Waals surface area contributed by atoms with Crippen LogP contribution in [-0.4, -0.2) is 5.91 Å². The average Bonchev–Trinajstić information content (AvgIpc) is 2.36. The van der Waals surface area contributed by atoms with Gasteiger partial charge in [0.15, 0.2) is 0 Å². The Labute approximate surface area is 121 Å². The third-order valence-electron chi connectivity index (χ3n) is 3.10. The molecular formula is C13H13Cl2FN2O. The van der Waals surface area contributed by atoms with Gasteiger partial charge < -0.3 is 5.32 Å². The van der Waals surface area contributed by atoms with Crippen LogP contribution in [0.5, 0.6) is 0 Å². The Morgan fingerprint density at radius 3 is 2.21 bits per heavy atom. The smallest absolute Gasteiger partial charge is 0.244 e. The number of hydrogen-bond acceptors (Lipinski definition) is 2. The highest BCUT2D eigenvalue weighted by molar-refractivity contribution is 6.39. The second kappa shape index (κ2) is 6.23. The van der Waals surface area contributed by atoms with Crippen LogP contribution >= 0.6 is 23.2 Å². The number of hydrogen-bond donors (Lipinski definition) is 1. The second-order valence-corrected chi connectivity index (χ2v) is 4.91. The first-order valence-electron chi connectivity index (χ1n) is 5.77. The average molecular weight is 303 g/mol. The van der Waals surface area contributed by atoms with Crippen LogP contribution in [0.3, 0.4) is 0 Å². The number of nitrogens with zero attached hydrogens (tertiary/aromatic N) is 1. The fourth-order valence-corrected chi connectivity index (χ4v) is 2.23. The van der Waals surface area contributed by atoms with Gasteiger partial charge >= 0.3 is 0 Å². The number of amides is 1. The van der Waals surface area contributed by atoms with Gasteiger partial charge in [-0.1, -0.05) is 37.0 Å². The van der Waals surface area contributed by atoms with Gasteiger partial charge in [-0.15, -0.1) is 0 Å². The van der Waals surface area contributed by atoms with E-state index in [0.29, 0.717) is 12.8 Å². The summed E-state index contributed by atoms with van der Waals surface area (Å²) in [5.74, 6) is -1.08. The molecule has 1 amide bonds. The standard InChI is InChI=1S/C13H13Cl2FN2O/c1-3-13(4-2,7-17)12(19)18-11-9(14)5-8(16)6-10(11)15/h5-6H,3-4H2,1-2H3,(H,18,19). The van der Waals surface area contributed by atoms with Crippen LogP contribution in [0.4, 0.5) is 10.1 Å². The molecule has 0 radical (unpaired) electrons. The molecule has 0 aliphatic rings. The Kier molecular flexibility index (Phi) is 5.16. The Morgan fingerprint density at radius 2 is 1.84 bits per heavy atom. The molecule has 19 heavy (non-hydrogen) atoms. The first-order chi connectivity index (χ1) is 8.90. The predicted octanol–water partition coefficient (Wildman–Crippen LogP) is 4.40. The van der Waals surface area contributed by atoms with Crippen molar-refractivity contribution in [1.82, 2.24) is 0 Å². The van der Waals surface area contributed by atoms with Gasteiger partial charge in [0.05, 0.1) is 21.8 Å². The van der Waals surface area contributed by atoms with Gasteiger partial charge in [-0.25, -0.2) is 4.39 Å². The highest BCUT2D eigenvalue weighted by Gasteiger charge is 2.35. The van der Waals surface area contributed by atoms with Crippen molar-refractivity contribution in [2.24, 2.45) is 5.41 Å². The van der Waals surface area contributed by atoms with Crippen molar-refractivity contribution in [1.29, 1.82) is 5.26 Å². The van der Waals surface area contributed by atoms with Crippen LogP contribution in [0, 0.1) is 22.6 Å². The van der Waals surface area contributed by atoms with E-state index < -0.39 is 17.1 Å². The summed E-state index contributed by atoms with van der Waals surface area (Å²) in [5, 5.41) is 11.7. The lowest BCUT2D eigenvalue weighted by Crippen LogP contribution is -2.34. The monoisotopic (exact) mass is 302 g/mol. The van der Waals surface area contributed by atoms with E-state index in [1.807, 2.05) is 6.07 Å². The van der Waals surface area contributed by atoms with Crippen molar-refractivity contribution in [2.45, 2.75) is 26.7 Å². The largest absolute Gasteiger partial charge is 0.322 e. The topological polar surface area (TPSA) is 52.9 Å². The van der Waals surface area contributed by atoms with Crippen LogP contribution in [0.1, 0.15) is 26.7 Å². The molecule has 6 heteroatoms. The molecule has 102 valence electrons. The lowest BCUT2D eigenvalue weighted by atomic mass is 9.83. The molecule has 1 aromatic carbocycles. The molecule has 0 fully saturated rings. The minimum atomic E-state index is -1.14. The zero-order valence-electron chi connectivity index (χ0n) is 10.6. The first kappa shape index (κ1) is 15.7. The van der Waals surface area contributed by atoms with Gasteiger partial charge in [-0.2, -0.15) is 5.26 Å². The van der Waals surface area contributed by atoms with Crippen molar-refractivity contribution >= 4 is 34.8 Å². The van der Waals surface area contributed by atoms with Gasteiger partial charge in [0.2, 0.25) is 5.91 Å². The number of rotatable bonds is 4. The van der Waals surface area contributed by atoms with E-state index in [1.165, 1.54) is 0 Å². The number of benzene rings is 1. The molecule has 1 N–H and O–H groups in total. The van der Waals surface area contributed by atoms with Crippen molar-refractivity contribution in [3.63, 3.8) is 0 Å². The highest BCUT2D eigenvalue weighted by atomic mass is 35.5. The van der Waals surface area contributed by atoms with Crippen LogP contribution in [0.25, 0.3) is 0 Å². The summed E-state index contributed by atoms with van der Waals surface area (Å²) in [5.41, 5.74) is -1.02. The van der Waals surface area contributed by atoms with Gasteiger partial charge in [0, 0.05) is 0 Å². The molecule has 0 aromatic heterocycles. The number of carbonyl (C=O) groups is 1. The van der Waals surface area contributed by atoms with E-state index in [-0.39, 0.29) is 15.7 Å². The summed E-state index contributed by atoms with van der Waals surface area (Å²) < 4.78 is 13.0. The number of nitrogens with one attached hydrogen (secondary N) is 1. The molecule has 0 saturated carbocycles. The maximum Gasteiger partial charge on any atom is 0.244 e. The highest BCUT2D eigenvalue weighted by Crippen LogP contribution is 2.34. The molecule has 1 aromatic rings. The number of halogens is 3. The van der Waals surface area contributed by atoms with Gasteiger partial charge in [-0.05, 0) is 25.0 Å². The normalized spacial score (nSPS) is 10.9. The van der Waals surface area contributed by atoms with Gasteiger partial charge in [-0.3, -0.25) is 4.79 Å². The number of nitriles is 1. The molecule has 1 rings (SSSR count). The molecule has 3 nitrogen and oxygen atoms in total. The van der Waals surface area contributed by atoms with Crippen molar-refractivity contribution in [3.05, 3.63) is 28.0 Å². The Balaban J connectivity index is 3.11. The maximum atomic E-state index is 13.0. The zero-order chi connectivity index (χ0) is 14.6. The summed E-state index contributed by atoms with van der Waals surface area (Å²) in [7, 11) is 0. The fraction of sp³-hybridized carbons (Fsp3) is 0.385. The summed E-state index contributed by atoms with van der Waals surface area (Å²) >= 11 is 11.7. The van der Waals surface area contributed by atoms with Crippen LogP contribution in [-0.2, 0) is 4.79 Å². The van der Waals surface area contributed by atoms with E-state index in [9.17, 15) is 14.4 Å². The third kappa shape index (κ3) is 3.17. The maximum absolute atomic E-state index is 13.0. The zero-order valence-corrected chi connectivity index (χ0v) is 12.1. The molecule has 0 atom stereocenters. The molecule has 0 bridgehead atoms. The Morgan fingerprint density at radius 1 is 1.37 bits per heavy atom. The van der Waals surface area contributed by atoms with Crippen molar-refractivity contribution in [2.75, 3.05) is 5.32 Å². The summed E-state index contributed by atoms with van der Waals surface area (Å²) in [6, 6.07) is 4.11. The summed E-state index contributed by atoms with van der Waals surface area (Å²) in [6.07, 6.45) is 0.727.